The van der Waals surface area contributed by atoms with Crippen LogP contribution in [0.3, 0.4) is 0 Å². The summed E-state index contributed by atoms with van der Waals surface area (Å²) in [6.45, 7) is 0. The first-order valence-corrected chi connectivity index (χ1v) is 6.88. The van der Waals surface area contributed by atoms with E-state index >= 15 is 0 Å². The Morgan fingerprint density at radius 2 is 0.760 bits per heavy atom. The van der Waals surface area contributed by atoms with Crippen molar-refractivity contribution in [3.63, 3.8) is 0 Å². The van der Waals surface area contributed by atoms with Crippen LogP contribution in [0.15, 0.2) is 36.4 Å². The average molecular weight is 344 g/mol. The van der Waals surface area contributed by atoms with Gasteiger partial charge < -0.3 is 20.4 Å². The van der Waals surface area contributed by atoms with Gasteiger partial charge >= 0.3 is 23.9 Å². The van der Waals surface area contributed by atoms with E-state index in [1.807, 2.05) is 0 Å². The molecule has 0 radical (unpaired) electrons. The van der Waals surface area contributed by atoms with Crippen molar-refractivity contribution < 1.29 is 39.6 Å². The fourth-order valence-corrected chi connectivity index (χ4v) is 2.32. The van der Waals surface area contributed by atoms with Gasteiger partial charge in [-0.15, -0.1) is 0 Å². The average Bonchev–Trinajstić information content (AvgIpc) is 2.53. The third-order valence-electron chi connectivity index (χ3n) is 3.38. The van der Waals surface area contributed by atoms with Gasteiger partial charge in [-0.1, -0.05) is 0 Å². The number of hydrogen-bond acceptors (Lipinski definition) is 4. The predicted molar refractivity (Wildman–Crippen MR) is 83.5 cm³/mol. The highest BCUT2D eigenvalue weighted by atomic mass is 16.4. The molecule has 0 saturated heterocycles. The van der Waals surface area contributed by atoms with E-state index < -0.39 is 23.9 Å². The van der Waals surface area contributed by atoms with Crippen LogP contribution in [0.2, 0.25) is 0 Å². The summed E-state index contributed by atoms with van der Waals surface area (Å²) in [4.78, 5) is 44.5. The van der Waals surface area contributed by atoms with E-state index in [2.05, 4.69) is 0 Å². The van der Waals surface area contributed by atoms with E-state index in [-0.39, 0.29) is 28.7 Å². The molecular formula is C17H12O8. The predicted octanol–water partition coefficient (Wildman–Crippen LogP) is 2.07. The van der Waals surface area contributed by atoms with E-state index in [1.54, 1.807) is 0 Å². The highest BCUT2D eigenvalue weighted by Gasteiger charge is 2.14. The minimum atomic E-state index is -1.31. The van der Waals surface area contributed by atoms with Gasteiger partial charge in [0, 0.05) is 0 Å². The molecule has 0 aliphatic rings. The molecule has 0 heterocycles. The Bertz CT molecular complexity index is 760. The fraction of sp³-hybridized carbons (Fsp3) is 0.0588. The summed E-state index contributed by atoms with van der Waals surface area (Å²) in [5, 5.41) is 36.3. The lowest BCUT2D eigenvalue weighted by atomic mass is 9.97. The van der Waals surface area contributed by atoms with Crippen LogP contribution >= 0.6 is 0 Å². The van der Waals surface area contributed by atoms with Crippen molar-refractivity contribution in [2.75, 3.05) is 0 Å². The molecule has 0 bridgehead atoms. The maximum absolute atomic E-state index is 11.1. The number of carbonyl (C=O) groups is 4. The lowest BCUT2D eigenvalue weighted by Crippen LogP contribution is -2.06. The van der Waals surface area contributed by atoms with Gasteiger partial charge in [0.15, 0.2) is 0 Å². The van der Waals surface area contributed by atoms with Gasteiger partial charge in [0.1, 0.15) is 0 Å². The molecular weight excluding hydrogens is 332 g/mol. The van der Waals surface area contributed by atoms with Crippen LogP contribution in [0.1, 0.15) is 52.6 Å². The lowest BCUT2D eigenvalue weighted by molar-refractivity contribution is 0.0676. The maximum atomic E-state index is 11.1. The Morgan fingerprint density at radius 3 is 0.960 bits per heavy atom. The molecule has 4 N–H and O–H groups in total. The van der Waals surface area contributed by atoms with Crippen LogP contribution in [-0.2, 0) is 6.42 Å². The van der Waals surface area contributed by atoms with Gasteiger partial charge in [-0.25, -0.2) is 19.2 Å². The zero-order valence-corrected chi connectivity index (χ0v) is 12.6. The first-order chi connectivity index (χ1) is 11.7. The van der Waals surface area contributed by atoms with E-state index in [9.17, 15) is 19.2 Å². The summed E-state index contributed by atoms with van der Waals surface area (Å²) < 4.78 is 0. The highest BCUT2D eigenvalue weighted by Crippen LogP contribution is 2.18. The summed E-state index contributed by atoms with van der Waals surface area (Å²) in [7, 11) is 0. The number of hydrogen-bond donors (Lipinski definition) is 4. The van der Waals surface area contributed by atoms with Crippen molar-refractivity contribution in [3.05, 3.63) is 69.8 Å². The summed E-state index contributed by atoms with van der Waals surface area (Å²) in [5.74, 6) is -5.24. The lowest BCUT2D eigenvalue weighted by Gasteiger charge is -2.08. The molecule has 0 aliphatic carbocycles. The van der Waals surface area contributed by atoms with Crippen LogP contribution in [0.4, 0.5) is 0 Å². The zero-order valence-electron chi connectivity index (χ0n) is 12.6. The number of rotatable bonds is 6. The van der Waals surface area contributed by atoms with E-state index in [4.69, 9.17) is 20.4 Å². The minimum Gasteiger partial charge on any atom is -0.478 e. The molecule has 0 spiro atoms. The van der Waals surface area contributed by atoms with Crippen molar-refractivity contribution >= 4 is 23.9 Å². The first-order valence-electron chi connectivity index (χ1n) is 6.88. The monoisotopic (exact) mass is 344 g/mol. The Hall–Kier alpha value is -3.68. The molecule has 0 saturated carbocycles. The molecule has 0 fully saturated rings. The molecule has 0 atom stereocenters. The SMILES string of the molecule is O=C(O)c1cc(Cc2cc(C(=O)O)cc(C(=O)O)c2)cc(C(=O)O)c1. The molecule has 25 heavy (non-hydrogen) atoms. The minimum absolute atomic E-state index is 0.0250. The van der Waals surface area contributed by atoms with Crippen molar-refractivity contribution in [2.45, 2.75) is 6.42 Å². The first kappa shape index (κ1) is 17.7. The summed E-state index contributed by atoms with van der Waals surface area (Å²) in [5.41, 5.74) is -0.330. The Balaban J connectivity index is 2.51. The number of carboxylic acids is 4. The van der Waals surface area contributed by atoms with Crippen molar-refractivity contribution in [3.8, 4) is 0 Å². The third-order valence-corrected chi connectivity index (χ3v) is 3.38. The van der Waals surface area contributed by atoms with Crippen LogP contribution in [0.5, 0.6) is 0 Å². The van der Waals surface area contributed by atoms with E-state index in [0.29, 0.717) is 11.1 Å². The van der Waals surface area contributed by atoms with Gasteiger partial charge in [0.25, 0.3) is 0 Å². The highest BCUT2D eigenvalue weighted by molar-refractivity contribution is 5.95. The molecule has 128 valence electrons. The van der Waals surface area contributed by atoms with Crippen molar-refractivity contribution in [1.82, 2.24) is 0 Å². The molecule has 2 aromatic carbocycles. The molecule has 0 unspecified atom stereocenters. The number of carboxylic acid groups (broad SMARTS) is 4. The quantitative estimate of drug-likeness (QED) is 0.622. The van der Waals surface area contributed by atoms with Gasteiger partial charge in [0.2, 0.25) is 0 Å². The van der Waals surface area contributed by atoms with Crippen LogP contribution in [-0.4, -0.2) is 44.3 Å². The molecule has 8 heteroatoms. The van der Waals surface area contributed by atoms with Crippen molar-refractivity contribution in [2.24, 2.45) is 0 Å². The van der Waals surface area contributed by atoms with Crippen LogP contribution < -0.4 is 0 Å². The van der Waals surface area contributed by atoms with Crippen molar-refractivity contribution in [1.29, 1.82) is 0 Å². The van der Waals surface area contributed by atoms with E-state index in [1.165, 1.54) is 24.3 Å². The fourth-order valence-electron chi connectivity index (χ4n) is 2.32. The second-order valence-electron chi connectivity index (χ2n) is 5.23. The Kier molecular flexibility index (Phi) is 4.83. The molecule has 2 rings (SSSR count). The number of benzene rings is 2. The maximum Gasteiger partial charge on any atom is 0.335 e. The zero-order chi connectivity index (χ0) is 18.7. The smallest absolute Gasteiger partial charge is 0.335 e. The summed E-state index contributed by atoms with van der Waals surface area (Å²) in [6.07, 6.45) is -0.0250. The van der Waals surface area contributed by atoms with Gasteiger partial charge in [-0.3, -0.25) is 0 Å². The number of aromatic carboxylic acids is 4. The second-order valence-corrected chi connectivity index (χ2v) is 5.23. The van der Waals surface area contributed by atoms with E-state index in [0.717, 1.165) is 12.1 Å². The van der Waals surface area contributed by atoms with Crippen LogP contribution in [0.25, 0.3) is 0 Å². The normalized spacial score (nSPS) is 10.2. The molecule has 0 amide bonds. The van der Waals surface area contributed by atoms with Crippen LogP contribution in [0, 0.1) is 0 Å². The molecule has 8 nitrogen and oxygen atoms in total. The topological polar surface area (TPSA) is 149 Å². The largest absolute Gasteiger partial charge is 0.478 e. The Morgan fingerprint density at radius 1 is 0.520 bits per heavy atom. The molecule has 2 aromatic rings. The van der Waals surface area contributed by atoms with Gasteiger partial charge in [0.05, 0.1) is 22.3 Å². The molecule has 0 aliphatic heterocycles. The van der Waals surface area contributed by atoms with Gasteiger partial charge in [-0.05, 0) is 53.9 Å². The summed E-state index contributed by atoms with van der Waals surface area (Å²) in [6, 6.07) is 7.02. The second kappa shape index (κ2) is 6.83. The summed E-state index contributed by atoms with van der Waals surface area (Å²) >= 11 is 0. The Labute approximate surface area is 140 Å². The standard InChI is InChI=1S/C17H12O8/c18-14(19)10-2-8(3-11(6-10)15(20)21)1-9-4-12(16(22)23)7-13(5-9)17(24)25/h2-7H,1H2,(H,18,19)(H,20,21)(H,22,23)(H,24,25). The van der Waals surface area contributed by atoms with Gasteiger partial charge in [-0.2, -0.15) is 0 Å². The third kappa shape index (κ3) is 4.20. The molecule has 0 aromatic heterocycles.